The summed E-state index contributed by atoms with van der Waals surface area (Å²) in [4.78, 5) is 0.599. The van der Waals surface area contributed by atoms with Gasteiger partial charge in [-0.25, -0.2) is 4.39 Å². The van der Waals surface area contributed by atoms with Gasteiger partial charge in [0.1, 0.15) is 11.6 Å². The van der Waals surface area contributed by atoms with Gasteiger partial charge in [0.25, 0.3) is 0 Å². The summed E-state index contributed by atoms with van der Waals surface area (Å²) in [5.74, 6) is 0.295. The minimum atomic E-state index is -1.29. The Morgan fingerprint density at radius 2 is 2.00 bits per heavy atom. The molecule has 3 nitrogen and oxygen atoms in total. The maximum atomic E-state index is 13.3. The Hall–Kier alpha value is -1.88. The van der Waals surface area contributed by atoms with Crippen molar-refractivity contribution in [3.63, 3.8) is 0 Å². The van der Waals surface area contributed by atoms with Crippen LogP contribution in [0.5, 0.6) is 5.75 Å². The highest BCUT2D eigenvalue weighted by Gasteiger charge is 2.11. The number of halogens is 1. The second-order valence-corrected chi connectivity index (χ2v) is 5.42. The zero-order chi connectivity index (χ0) is 13.8. The van der Waals surface area contributed by atoms with Crippen LogP contribution in [-0.4, -0.2) is 11.3 Å². The zero-order valence-corrected chi connectivity index (χ0v) is 11.2. The van der Waals surface area contributed by atoms with Crippen LogP contribution in [-0.2, 0) is 16.6 Å². The molecule has 0 fully saturated rings. The molecule has 2 N–H and O–H groups in total. The van der Waals surface area contributed by atoms with Gasteiger partial charge in [0, 0.05) is 0 Å². The lowest BCUT2D eigenvalue weighted by Gasteiger charge is -2.08. The van der Waals surface area contributed by atoms with Crippen LogP contribution in [0.4, 0.5) is 10.1 Å². The highest BCUT2D eigenvalue weighted by atomic mass is 32.2. The summed E-state index contributed by atoms with van der Waals surface area (Å²) in [6.07, 6.45) is 0. The van der Waals surface area contributed by atoms with Gasteiger partial charge in [0.2, 0.25) is 0 Å². The predicted molar refractivity (Wildman–Crippen MR) is 73.9 cm³/mol. The molecule has 0 aliphatic heterocycles. The van der Waals surface area contributed by atoms with E-state index in [4.69, 9.17) is 10.5 Å². The van der Waals surface area contributed by atoms with E-state index in [0.717, 1.165) is 0 Å². The summed E-state index contributed by atoms with van der Waals surface area (Å²) in [7, 11) is 0.234. The maximum absolute atomic E-state index is 13.3. The molecule has 100 valence electrons. The van der Waals surface area contributed by atoms with E-state index in [1.807, 2.05) is 6.07 Å². The standard InChI is InChI=1S/C14H14FNO2S/c1-18-13-4-2-3-5-14(13)19(17)9-10-6-7-12(16)11(15)8-10/h2-8H,9,16H2,1H3. The van der Waals surface area contributed by atoms with Crippen LogP contribution in [0, 0.1) is 5.82 Å². The fourth-order valence-corrected chi connectivity index (χ4v) is 2.94. The molecule has 0 spiro atoms. The smallest absolute Gasteiger partial charge is 0.146 e. The average molecular weight is 279 g/mol. The van der Waals surface area contributed by atoms with Crippen molar-refractivity contribution in [1.29, 1.82) is 0 Å². The van der Waals surface area contributed by atoms with Gasteiger partial charge in [-0.05, 0) is 29.8 Å². The van der Waals surface area contributed by atoms with Crippen LogP contribution in [0.2, 0.25) is 0 Å². The first-order valence-electron chi connectivity index (χ1n) is 5.67. The Balaban J connectivity index is 2.23. The number of anilines is 1. The highest BCUT2D eigenvalue weighted by Crippen LogP contribution is 2.24. The SMILES string of the molecule is COc1ccccc1S(=O)Cc1ccc(N)c(F)c1. The fraction of sp³-hybridized carbons (Fsp3) is 0.143. The molecular weight excluding hydrogens is 265 g/mol. The topological polar surface area (TPSA) is 52.3 Å². The number of rotatable bonds is 4. The summed E-state index contributed by atoms with van der Waals surface area (Å²) in [5.41, 5.74) is 6.13. The number of methoxy groups -OCH3 is 1. The summed E-state index contributed by atoms with van der Waals surface area (Å²) in [6.45, 7) is 0. The molecule has 0 aliphatic carbocycles. The van der Waals surface area contributed by atoms with Gasteiger partial charge in [0.05, 0.1) is 34.2 Å². The van der Waals surface area contributed by atoms with E-state index in [2.05, 4.69) is 0 Å². The van der Waals surface area contributed by atoms with Gasteiger partial charge in [-0.3, -0.25) is 4.21 Å². The molecule has 2 aromatic carbocycles. The molecular formula is C14H14FNO2S. The third-order valence-electron chi connectivity index (χ3n) is 2.68. The third kappa shape index (κ3) is 3.12. The molecule has 0 bridgehead atoms. The number of nitrogen functional groups attached to an aromatic ring is 1. The lowest BCUT2D eigenvalue weighted by atomic mass is 10.2. The van der Waals surface area contributed by atoms with Crippen molar-refractivity contribution in [2.24, 2.45) is 0 Å². The summed E-state index contributed by atoms with van der Waals surface area (Å²) in [6, 6.07) is 11.5. The number of ether oxygens (including phenoxy) is 1. The van der Waals surface area contributed by atoms with Gasteiger partial charge in [-0.15, -0.1) is 0 Å². The molecule has 2 rings (SSSR count). The van der Waals surface area contributed by atoms with Crippen molar-refractivity contribution in [3.05, 3.63) is 53.8 Å². The van der Waals surface area contributed by atoms with Crippen molar-refractivity contribution >= 4 is 16.5 Å². The van der Waals surface area contributed by atoms with E-state index in [1.54, 1.807) is 24.3 Å². The van der Waals surface area contributed by atoms with Crippen molar-refractivity contribution in [3.8, 4) is 5.75 Å². The van der Waals surface area contributed by atoms with E-state index in [1.165, 1.54) is 19.2 Å². The molecule has 1 unspecified atom stereocenters. The first-order chi connectivity index (χ1) is 9.11. The van der Waals surface area contributed by atoms with Gasteiger partial charge in [0.15, 0.2) is 0 Å². The van der Waals surface area contributed by atoms with Gasteiger partial charge < -0.3 is 10.5 Å². The zero-order valence-electron chi connectivity index (χ0n) is 10.4. The molecule has 5 heteroatoms. The number of nitrogens with two attached hydrogens (primary N) is 1. The Morgan fingerprint density at radius 3 is 2.68 bits per heavy atom. The van der Waals surface area contributed by atoms with Crippen molar-refractivity contribution in [1.82, 2.24) is 0 Å². The fourth-order valence-electron chi connectivity index (χ4n) is 1.70. The van der Waals surface area contributed by atoms with Crippen LogP contribution in [0.3, 0.4) is 0 Å². The van der Waals surface area contributed by atoms with Crippen LogP contribution in [0.1, 0.15) is 5.56 Å². The quantitative estimate of drug-likeness (QED) is 0.875. The number of benzene rings is 2. The monoisotopic (exact) mass is 279 g/mol. The molecule has 1 atom stereocenters. The predicted octanol–water partition coefficient (Wildman–Crippen LogP) is 2.72. The Labute approximate surface area is 113 Å². The summed E-state index contributed by atoms with van der Waals surface area (Å²) in [5, 5.41) is 0. The van der Waals surface area contributed by atoms with Crippen molar-refractivity contribution in [2.75, 3.05) is 12.8 Å². The van der Waals surface area contributed by atoms with Crippen LogP contribution < -0.4 is 10.5 Å². The van der Waals surface area contributed by atoms with E-state index in [9.17, 15) is 8.60 Å². The lowest BCUT2D eigenvalue weighted by Crippen LogP contribution is -2.00. The molecule has 0 amide bonds. The van der Waals surface area contributed by atoms with Crippen LogP contribution >= 0.6 is 0 Å². The average Bonchev–Trinajstić information content (AvgIpc) is 2.43. The highest BCUT2D eigenvalue weighted by molar-refractivity contribution is 7.84. The largest absolute Gasteiger partial charge is 0.495 e. The number of hydrogen-bond donors (Lipinski definition) is 1. The van der Waals surface area contributed by atoms with Gasteiger partial charge >= 0.3 is 0 Å². The number of hydrogen-bond acceptors (Lipinski definition) is 3. The molecule has 0 saturated carbocycles. The van der Waals surface area contributed by atoms with E-state index >= 15 is 0 Å². The Kier molecular flexibility index (Phi) is 4.16. The van der Waals surface area contributed by atoms with Gasteiger partial charge in [-0.1, -0.05) is 18.2 Å². The van der Waals surface area contributed by atoms with E-state index in [-0.39, 0.29) is 11.4 Å². The van der Waals surface area contributed by atoms with Crippen LogP contribution in [0.25, 0.3) is 0 Å². The molecule has 2 aromatic rings. The first-order valence-corrected chi connectivity index (χ1v) is 6.99. The molecule has 0 aromatic heterocycles. The molecule has 0 aliphatic rings. The molecule has 19 heavy (non-hydrogen) atoms. The molecule has 0 saturated heterocycles. The minimum Gasteiger partial charge on any atom is -0.495 e. The Bertz CT molecular complexity index is 616. The second-order valence-electron chi connectivity index (χ2n) is 4.00. The first kappa shape index (κ1) is 13.5. The molecule has 0 radical (unpaired) electrons. The van der Waals surface area contributed by atoms with Crippen molar-refractivity contribution < 1.29 is 13.3 Å². The second kappa shape index (κ2) is 5.84. The minimum absolute atomic E-state index is 0.0897. The van der Waals surface area contributed by atoms with E-state index < -0.39 is 16.6 Å². The van der Waals surface area contributed by atoms with Crippen molar-refractivity contribution in [2.45, 2.75) is 10.6 Å². The van der Waals surface area contributed by atoms with Crippen LogP contribution in [0.15, 0.2) is 47.4 Å². The van der Waals surface area contributed by atoms with E-state index in [0.29, 0.717) is 16.2 Å². The third-order valence-corrected chi connectivity index (χ3v) is 4.10. The summed E-state index contributed by atoms with van der Waals surface area (Å²) < 4.78 is 30.8. The summed E-state index contributed by atoms with van der Waals surface area (Å²) >= 11 is 0. The normalized spacial score (nSPS) is 12.1. The lowest BCUT2D eigenvalue weighted by molar-refractivity contribution is 0.404. The molecule has 0 heterocycles. The Morgan fingerprint density at radius 1 is 1.26 bits per heavy atom. The maximum Gasteiger partial charge on any atom is 0.146 e. The van der Waals surface area contributed by atoms with Gasteiger partial charge in [-0.2, -0.15) is 0 Å². The number of para-hydroxylation sites is 1.